The van der Waals surface area contributed by atoms with Crippen LogP contribution in [0.3, 0.4) is 0 Å². The Labute approximate surface area is 124 Å². The number of benzene rings is 1. The largest absolute Gasteiger partial charge is 0.370 e. The van der Waals surface area contributed by atoms with Crippen molar-refractivity contribution in [1.29, 1.82) is 0 Å². The minimum atomic E-state index is -3.20. The van der Waals surface area contributed by atoms with Gasteiger partial charge in [-0.15, -0.1) is 0 Å². The first-order valence-corrected chi connectivity index (χ1v) is 8.36. The highest BCUT2D eigenvalue weighted by molar-refractivity contribution is 7.89. The van der Waals surface area contributed by atoms with Crippen LogP contribution < -0.4 is 11.1 Å². The Kier molecular flexibility index (Phi) is 5.90. The van der Waals surface area contributed by atoms with Crippen LogP contribution in [0.15, 0.2) is 35.3 Å². The zero-order chi connectivity index (χ0) is 16.0. The first-order valence-electron chi connectivity index (χ1n) is 6.30. The highest BCUT2D eigenvalue weighted by atomic mass is 32.2. The van der Waals surface area contributed by atoms with Gasteiger partial charge in [0.2, 0.25) is 0 Å². The van der Waals surface area contributed by atoms with Gasteiger partial charge < -0.3 is 11.1 Å². The number of nitrogens with two attached hydrogens (primary N) is 1. The summed E-state index contributed by atoms with van der Waals surface area (Å²) in [5.41, 5.74) is 7.59. The maximum atomic E-state index is 13.3. The Hall–Kier alpha value is -1.89. The number of hydrogen-bond acceptors (Lipinski definition) is 3. The van der Waals surface area contributed by atoms with Crippen molar-refractivity contribution >= 4 is 15.8 Å². The molecule has 0 spiro atoms. The molecule has 1 aromatic rings. The molecule has 0 bridgehead atoms. The predicted octanol–water partition coefficient (Wildman–Crippen LogP) is 1.35. The van der Waals surface area contributed by atoms with E-state index >= 15 is 0 Å². The molecular formula is C14H20FN3O2S. The minimum absolute atomic E-state index is 0.109. The quantitative estimate of drug-likeness (QED) is 0.472. The Morgan fingerprint density at radius 3 is 2.67 bits per heavy atom. The van der Waals surface area contributed by atoms with E-state index in [9.17, 15) is 12.8 Å². The van der Waals surface area contributed by atoms with Crippen molar-refractivity contribution < 1.29 is 12.8 Å². The molecule has 0 aromatic heterocycles. The average Bonchev–Trinajstić information content (AvgIpc) is 2.35. The number of guanidine groups is 1. The van der Waals surface area contributed by atoms with Gasteiger partial charge in [-0.1, -0.05) is 18.2 Å². The van der Waals surface area contributed by atoms with Gasteiger partial charge in [0.15, 0.2) is 15.8 Å². The fourth-order valence-corrected chi connectivity index (χ4v) is 2.48. The molecule has 0 saturated carbocycles. The van der Waals surface area contributed by atoms with Gasteiger partial charge in [0.25, 0.3) is 0 Å². The molecule has 116 valence electrons. The minimum Gasteiger partial charge on any atom is -0.370 e. The molecule has 0 atom stereocenters. The second-order valence-electron chi connectivity index (χ2n) is 5.00. The molecule has 0 fully saturated rings. The third kappa shape index (κ3) is 6.89. The lowest BCUT2D eigenvalue weighted by molar-refractivity contribution is 0.600. The molecule has 21 heavy (non-hydrogen) atoms. The summed E-state index contributed by atoms with van der Waals surface area (Å²) in [6.45, 7) is 6.17. The third-order valence-corrected chi connectivity index (χ3v) is 3.41. The molecule has 5 nitrogen and oxygen atoms in total. The van der Waals surface area contributed by atoms with Gasteiger partial charge in [-0.25, -0.2) is 17.8 Å². The maximum absolute atomic E-state index is 13.3. The number of aliphatic imine (C=N–C) groups is 1. The highest BCUT2D eigenvalue weighted by Gasteiger charge is 2.10. The van der Waals surface area contributed by atoms with E-state index in [1.807, 2.05) is 6.92 Å². The predicted molar refractivity (Wildman–Crippen MR) is 83.1 cm³/mol. The van der Waals surface area contributed by atoms with E-state index in [1.165, 1.54) is 18.2 Å². The summed E-state index contributed by atoms with van der Waals surface area (Å²) in [5, 5.41) is 2.85. The van der Waals surface area contributed by atoms with Crippen LogP contribution in [-0.2, 0) is 22.1 Å². The van der Waals surface area contributed by atoms with Gasteiger partial charge in [-0.3, -0.25) is 0 Å². The maximum Gasteiger partial charge on any atom is 0.189 e. The molecule has 0 aliphatic rings. The number of rotatable bonds is 6. The number of sulfone groups is 1. The Morgan fingerprint density at radius 2 is 2.10 bits per heavy atom. The number of hydrogen-bond donors (Lipinski definition) is 2. The fraction of sp³-hybridized carbons (Fsp3) is 0.357. The molecule has 0 radical (unpaired) electrons. The van der Waals surface area contributed by atoms with E-state index in [-0.39, 0.29) is 18.3 Å². The second kappa shape index (κ2) is 7.21. The van der Waals surface area contributed by atoms with Crippen LogP contribution in [0.5, 0.6) is 0 Å². The summed E-state index contributed by atoms with van der Waals surface area (Å²) in [4.78, 5) is 4.08. The van der Waals surface area contributed by atoms with E-state index in [1.54, 1.807) is 0 Å². The normalized spacial score (nSPS) is 12.2. The summed E-state index contributed by atoms with van der Waals surface area (Å²) in [5.74, 6) is -0.393. The van der Waals surface area contributed by atoms with E-state index in [0.29, 0.717) is 17.7 Å². The Balaban J connectivity index is 2.88. The highest BCUT2D eigenvalue weighted by Crippen LogP contribution is 2.15. The summed E-state index contributed by atoms with van der Waals surface area (Å²) in [7, 11) is -3.20. The van der Waals surface area contributed by atoms with Gasteiger partial charge in [0.1, 0.15) is 5.82 Å². The molecule has 0 aliphatic heterocycles. The lowest BCUT2D eigenvalue weighted by Crippen LogP contribution is -2.32. The monoisotopic (exact) mass is 313 g/mol. The van der Waals surface area contributed by atoms with Crippen molar-refractivity contribution in [2.45, 2.75) is 19.2 Å². The van der Waals surface area contributed by atoms with Gasteiger partial charge in [-0.05, 0) is 30.2 Å². The molecule has 0 amide bonds. The molecule has 3 N–H and O–H groups in total. The Bertz CT molecular complexity index is 654. The Morgan fingerprint density at radius 1 is 1.43 bits per heavy atom. The van der Waals surface area contributed by atoms with Crippen LogP contribution in [0.2, 0.25) is 0 Å². The van der Waals surface area contributed by atoms with Crippen LogP contribution in [0.1, 0.15) is 18.1 Å². The number of nitrogens with one attached hydrogen (secondary N) is 1. The van der Waals surface area contributed by atoms with Crippen LogP contribution in [-0.4, -0.2) is 27.2 Å². The van der Waals surface area contributed by atoms with E-state index in [4.69, 9.17) is 5.73 Å². The smallest absolute Gasteiger partial charge is 0.189 e. The van der Waals surface area contributed by atoms with Gasteiger partial charge in [0, 0.05) is 12.8 Å². The van der Waals surface area contributed by atoms with Crippen molar-refractivity contribution in [2.24, 2.45) is 10.7 Å². The van der Waals surface area contributed by atoms with Crippen molar-refractivity contribution in [3.63, 3.8) is 0 Å². The summed E-state index contributed by atoms with van der Waals surface area (Å²) in [6, 6.07) is 3.96. The first-order chi connectivity index (χ1) is 9.67. The van der Waals surface area contributed by atoms with E-state index in [0.717, 1.165) is 11.8 Å². The van der Waals surface area contributed by atoms with Crippen LogP contribution in [0.25, 0.3) is 0 Å². The zero-order valence-corrected chi connectivity index (χ0v) is 13.0. The average molecular weight is 313 g/mol. The number of nitrogens with zero attached hydrogens (tertiary/aromatic N) is 1. The molecule has 0 aliphatic carbocycles. The molecule has 7 heteroatoms. The molecule has 0 unspecified atom stereocenters. The lowest BCUT2D eigenvalue weighted by atomic mass is 10.1. The van der Waals surface area contributed by atoms with Gasteiger partial charge in [-0.2, -0.15) is 0 Å². The zero-order valence-electron chi connectivity index (χ0n) is 12.2. The van der Waals surface area contributed by atoms with Crippen molar-refractivity contribution in [3.8, 4) is 0 Å². The molecule has 0 saturated heterocycles. The van der Waals surface area contributed by atoms with Gasteiger partial charge >= 0.3 is 0 Å². The van der Waals surface area contributed by atoms with Crippen LogP contribution >= 0.6 is 0 Å². The summed E-state index contributed by atoms with van der Waals surface area (Å²) < 4.78 is 36.1. The second-order valence-corrected chi connectivity index (χ2v) is 7.14. The molecule has 0 heterocycles. The molecular weight excluding hydrogens is 293 g/mol. The topological polar surface area (TPSA) is 84.5 Å². The van der Waals surface area contributed by atoms with Crippen LogP contribution in [0, 0.1) is 5.82 Å². The molecule has 1 aromatic carbocycles. The van der Waals surface area contributed by atoms with Crippen molar-refractivity contribution in [1.82, 2.24) is 5.32 Å². The third-order valence-electron chi connectivity index (χ3n) is 2.58. The van der Waals surface area contributed by atoms with Gasteiger partial charge in [0.05, 0.1) is 12.3 Å². The summed E-state index contributed by atoms with van der Waals surface area (Å²) in [6.07, 6.45) is 1.13. The van der Waals surface area contributed by atoms with E-state index < -0.39 is 15.7 Å². The SMILES string of the molecule is C=C(C)CNC(N)=NCc1cc(F)ccc1CS(C)(=O)=O. The standard InChI is InChI=1S/C14H20FN3O2S/c1-10(2)7-17-14(16)18-8-12-6-13(15)5-4-11(12)9-21(3,19)20/h4-6H,1,7-9H2,2-3H3,(H3,16,17,18). The molecule has 1 rings (SSSR count). The summed E-state index contributed by atoms with van der Waals surface area (Å²) >= 11 is 0. The van der Waals surface area contributed by atoms with Crippen LogP contribution in [0.4, 0.5) is 4.39 Å². The fourth-order valence-electron chi connectivity index (χ4n) is 1.63. The van der Waals surface area contributed by atoms with Crippen molar-refractivity contribution in [2.75, 3.05) is 12.8 Å². The lowest BCUT2D eigenvalue weighted by Gasteiger charge is -2.08. The van der Waals surface area contributed by atoms with E-state index in [2.05, 4.69) is 16.9 Å². The van der Waals surface area contributed by atoms with Crippen molar-refractivity contribution in [3.05, 3.63) is 47.3 Å². The first kappa shape index (κ1) is 17.2. The number of halogens is 1.